The van der Waals surface area contributed by atoms with Crippen LogP contribution in [0.15, 0.2) is 46.9 Å². The van der Waals surface area contributed by atoms with Gasteiger partial charge in [0.05, 0.1) is 17.7 Å². The number of unbranched alkanes of at least 4 members (excludes halogenated alkanes) is 3. The number of hydrogen-bond donors (Lipinski definition) is 2. The van der Waals surface area contributed by atoms with Crippen molar-refractivity contribution in [1.29, 1.82) is 0 Å². The van der Waals surface area contributed by atoms with Crippen molar-refractivity contribution in [3.05, 3.63) is 58.1 Å². The van der Waals surface area contributed by atoms with E-state index < -0.39 is 11.8 Å². The van der Waals surface area contributed by atoms with Gasteiger partial charge in [-0.05, 0) is 77.2 Å². The Labute approximate surface area is 199 Å². The zero-order chi connectivity index (χ0) is 23.3. The van der Waals surface area contributed by atoms with Crippen LogP contribution in [0.3, 0.4) is 0 Å². The van der Waals surface area contributed by atoms with Gasteiger partial charge >= 0.3 is 0 Å². The van der Waals surface area contributed by atoms with Crippen LogP contribution >= 0.6 is 15.9 Å². The van der Waals surface area contributed by atoms with Crippen LogP contribution in [-0.2, 0) is 0 Å². The molecule has 0 spiro atoms. The van der Waals surface area contributed by atoms with Crippen molar-refractivity contribution >= 4 is 27.7 Å². The zero-order valence-corrected chi connectivity index (χ0v) is 20.7. The Kier molecular flexibility index (Phi) is 11.1. The Morgan fingerprint density at radius 3 is 2.16 bits per heavy atom. The smallest absolute Gasteiger partial charge is 0.269 e. The number of carbonyl (C=O) groups excluding carboxylic acids is 2. The fourth-order valence-electron chi connectivity index (χ4n) is 2.84. The Morgan fingerprint density at radius 2 is 1.53 bits per heavy atom. The van der Waals surface area contributed by atoms with Crippen LogP contribution in [0.5, 0.6) is 11.5 Å². The molecule has 0 aliphatic rings. The van der Waals surface area contributed by atoms with Crippen LogP contribution in [0.1, 0.15) is 73.6 Å². The average Bonchev–Trinajstić information content (AvgIpc) is 2.78. The van der Waals surface area contributed by atoms with E-state index >= 15 is 0 Å². The molecule has 2 aromatic carbocycles. The van der Waals surface area contributed by atoms with Crippen LogP contribution in [-0.4, -0.2) is 25.0 Å². The van der Waals surface area contributed by atoms with Gasteiger partial charge in [-0.3, -0.25) is 20.4 Å². The van der Waals surface area contributed by atoms with Crippen LogP contribution in [0.2, 0.25) is 0 Å². The molecular weight excluding hydrogens is 472 g/mol. The normalized spacial score (nSPS) is 10.7. The first-order valence-electron chi connectivity index (χ1n) is 11.2. The van der Waals surface area contributed by atoms with Crippen molar-refractivity contribution in [2.24, 2.45) is 5.92 Å². The number of carbonyl (C=O) groups is 2. The molecule has 2 rings (SSSR count). The average molecular weight is 505 g/mol. The van der Waals surface area contributed by atoms with Crippen molar-refractivity contribution in [3.63, 3.8) is 0 Å². The number of amides is 2. The monoisotopic (exact) mass is 504 g/mol. The number of halogens is 1. The number of rotatable bonds is 12. The summed E-state index contributed by atoms with van der Waals surface area (Å²) in [6, 6.07) is 11.9. The summed E-state index contributed by atoms with van der Waals surface area (Å²) in [7, 11) is 0. The van der Waals surface area contributed by atoms with Gasteiger partial charge < -0.3 is 9.47 Å². The number of hydrogen-bond acceptors (Lipinski definition) is 4. The zero-order valence-electron chi connectivity index (χ0n) is 19.1. The molecule has 0 aromatic heterocycles. The van der Waals surface area contributed by atoms with E-state index in [1.54, 1.807) is 42.5 Å². The maximum atomic E-state index is 12.4. The van der Waals surface area contributed by atoms with Gasteiger partial charge in [-0.1, -0.05) is 40.0 Å². The Hall–Kier alpha value is -2.54. The van der Waals surface area contributed by atoms with E-state index in [9.17, 15) is 9.59 Å². The lowest BCUT2D eigenvalue weighted by molar-refractivity contribution is 0.0846. The summed E-state index contributed by atoms with van der Waals surface area (Å²) in [5.41, 5.74) is 5.71. The Morgan fingerprint density at radius 1 is 0.875 bits per heavy atom. The van der Waals surface area contributed by atoms with Gasteiger partial charge in [0.15, 0.2) is 0 Å². The summed E-state index contributed by atoms with van der Waals surface area (Å²) in [4.78, 5) is 24.7. The molecule has 2 amide bonds. The second-order valence-electron chi connectivity index (χ2n) is 8.02. The molecule has 0 saturated carbocycles. The molecule has 174 valence electrons. The molecule has 0 bridgehead atoms. The van der Waals surface area contributed by atoms with Gasteiger partial charge in [-0.25, -0.2) is 0 Å². The first-order chi connectivity index (χ1) is 15.4. The Balaban J connectivity index is 1.80. The molecule has 0 atom stereocenters. The number of nitrogens with one attached hydrogen (secondary N) is 2. The maximum absolute atomic E-state index is 12.4. The predicted molar refractivity (Wildman–Crippen MR) is 130 cm³/mol. The van der Waals surface area contributed by atoms with Gasteiger partial charge in [0, 0.05) is 11.1 Å². The minimum Gasteiger partial charge on any atom is -0.494 e. The third-order valence-electron chi connectivity index (χ3n) is 4.82. The van der Waals surface area contributed by atoms with Crippen molar-refractivity contribution in [2.45, 2.75) is 52.9 Å². The maximum Gasteiger partial charge on any atom is 0.269 e. The third-order valence-corrected chi connectivity index (χ3v) is 5.44. The molecule has 0 unspecified atom stereocenters. The number of benzene rings is 2. The standard InChI is InChI=1S/C25H33BrN2O4/c1-4-5-6-7-15-31-21-11-8-19(9-12-21)24(29)27-28-25(30)20-10-13-23(22(26)17-20)32-16-14-18(2)3/h8-13,17-18H,4-7,14-16H2,1-3H3,(H,27,29)(H,28,30). The highest BCUT2D eigenvalue weighted by molar-refractivity contribution is 9.10. The van der Waals surface area contributed by atoms with E-state index in [0.29, 0.717) is 40.5 Å². The van der Waals surface area contributed by atoms with E-state index in [4.69, 9.17) is 9.47 Å². The van der Waals surface area contributed by atoms with Gasteiger partial charge in [-0.2, -0.15) is 0 Å². The van der Waals surface area contributed by atoms with Crippen molar-refractivity contribution in [1.82, 2.24) is 10.9 Å². The molecule has 0 radical (unpaired) electrons. The van der Waals surface area contributed by atoms with Gasteiger partial charge in [0.2, 0.25) is 0 Å². The van der Waals surface area contributed by atoms with Crippen LogP contribution in [0.25, 0.3) is 0 Å². The lowest BCUT2D eigenvalue weighted by Crippen LogP contribution is -2.41. The van der Waals surface area contributed by atoms with Gasteiger partial charge in [0.1, 0.15) is 11.5 Å². The highest BCUT2D eigenvalue weighted by Crippen LogP contribution is 2.26. The van der Waals surface area contributed by atoms with E-state index in [1.807, 2.05) is 0 Å². The highest BCUT2D eigenvalue weighted by atomic mass is 79.9. The summed E-state index contributed by atoms with van der Waals surface area (Å²) in [6.45, 7) is 7.72. The number of hydrazine groups is 1. The summed E-state index contributed by atoms with van der Waals surface area (Å²) >= 11 is 3.43. The molecule has 2 N–H and O–H groups in total. The molecule has 7 heteroatoms. The van der Waals surface area contributed by atoms with Gasteiger partial charge in [0.25, 0.3) is 11.8 Å². The number of ether oxygens (including phenoxy) is 2. The van der Waals surface area contributed by atoms with Gasteiger partial charge in [-0.15, -0.1) is 0 Å². The summed E-state index contributed by atoms with van der Waals surface area (Å²) in [5.74, 6) is 1.14. The molecule has 0 aliphatic heterocycles. The SMILES string of the molecule is CCCCCCOc1ccc(C(=O)NNC(=O)c2ccc(OCCC(C)C)c(Br)c2)cc1. The lowest BCUT2D eigenvalue weighted by Gasteiger charge is -2.12. The fraction of sp³-hybridized carbons (Fsp3) is 0.440. The largest absolute Gasteiger partial charge is 0.494 e. The first-order valence-corrected chi connectivity index (χ1v) is 12.0. The van der Waals surface area contributed by atoms with Crippen LogP contribution in [0, 0.1) is 5.92 Å². The Bertz CT molecular complexity index is 869. The molecular formula is C25H33BrN2O4. The molecule has 0 heterocycles. The molecule has 2 aromatic rings. The van der Waals surface area contributed by atoms with Crippen molar-refractivity contribution in [3.8, 4) is 11.5 Å². The summed E-state index contributed by atoms with van der Waals surface area (Å²) in [6.07, 6.45) is 5.52. The second kappa shape index (κ2) is 13.8. The van der Waals surface area contributed by atoms with Crippen LogP contribution < -0.4 is 20.3 Å². The molecule has 0 aliphatic carbocycles. The minimum absolute atomic E-state index is 0.402. The van der Waals surface area contributed by atoms with Crippen molar-refractivity contribution in [2.75, 3.05) is 13.2 Å². The third kappa shape index (κ3) is 8.91. The summed E-state index contributed by atoms with van der Waals surface area (Å²) in [5, 5.41) is 0. The van der Waals surface area contributed by atoms with Crippen LogP contribution in [0.4, 0.5) is 0 Å². The van der Waals surface area contributed by atoms with E-state index in [1.165, 1.54) is 12.8 Å². The predicted octanol–water partition coefficient (Wildman–Crippen LogP) is 5.91. The second-order valence-corrected chi connectivity index (χ2v) is 8.87. The molecule has 0 fully saturated rings. The fourth-order valence-corrected chi connectivity index (χ4v) is 3.34. The first kappa shape index (κ1) is 25.7. The van der Waals surface area contributed by atoms with E-state index in [2.05, 4.69) is 47.6 Å². The minimum atomic E-state index is -0.417. The molecule has 0 saturated heterocycles. The molecule has 6 nitrogen and oxygen atoms in total. The van der Waals surface area contributed by atoms with E-state index in [-0.39, 0.29) is 0 Å². The highest BCUT2D eigenvalue weighted by Gasteiger charge is 2.12. The summed E-state index contributed by atoms with van der Waals surface area (Å²) < 4.78 is 12.1. The quantitative estimate of drug-likeness (QED) is 0.278. The van der Waals surface area contributed by atoms with E-state index in [0.717, 1.165) is 25.0 Å². The lowest BCUT2D eigenvalue weighted by atomic mass is 10.1. The topological polar surface area (TPSA) is 76.7 Å². The van der Waals surface area contributed by atoms with Crippen molar-refractivity contribution < 1.29 is 19.1 Å². The molecule has 32 heavy (non-hydrogen) atoms.